The molecule has 0 spiro atoms. The van der Waals surface area contributed by atoms with Gasteiger partial charge in [-0.05, 0) is 63.4 Å². The van der Waals surface area contributed by atoms with Gasteiger partial charge in [0.05, 0.1) is 0 Å². The van der Waals surface area contributed by atoms with Gasteiger partial charge < -0.3 is 10.4 Å². The minimum atomic E-state index is -1.89. The summed E-state index contributed by atoms with van der Waals surface area (Å²) in [5, 5.41) is 11.8. The number of piperidine rings is 1. The lowest BCUT2D eigenvalue weighted by Gasteiger charge is -2.31. The maximum Gasteiger partial charge on any atom is 0.261 e. The number of amides is 1. The average Bonchev–Trinajstić information content (AvgIpc) is 2.47. The predicted molar refractivity (Wildman–Crippen MR) is 85.3 cm³/mol. The summed E-state index contributed by atoms with van der Waals surface area (Å²) in [4.78, 5) is 14.0. The van der Waals surface area contributed by atoms with E-state index in [1.54, 1.807) is 6.07 Å². The molecule has 0 aromatic heterocycles. The Morgan fingerprint density at radius 1 is 1.41 bits per heavy atom. The van der Waals surface area contributed by atoms with Crippen molar-refractivity contribution in [2.45, 2.75) is 38.9 Å². The fourth-order valence-electron chi connectivity index (χ4n) is 2.61. The Bertz CT molecular complexity index is 506. The Kier molecular flexibility index (Phi) is 5.53. The van der Waals surface area contributed by atoms with Crippen LogP contribution in [0.3, 0.4) is 0 Å². The summed E-state index contributed by atoms with van der Waals surface area (Å²) in [6.45, 7) is 5.52. The monoisotopic (exact) mass is 308 g/mol. The lowest BCUT2D eigenvalue weighted by atomic mass is 9.97. The van der Waals surface area contributed by atoms with Gasteiger partial charge in [0, 0.05) is 18.8 Å². The first-order valence-electron chi connectivity index (χ1n) is 7.81. The first-order chi connectivity index (χ1) is 10.4. The van der Waals surface area contributed by atoms with Crippen LogP contribution in [-0.4, -0.2) is 41.3 Å². The summed E-state index contributed by atoms with van der Waals surface area (Å²) in [7, 11) is 0. The van der Waals surface area contributed by atoms with Crippen molar-refractivity contribution in [3.05, 3.63) is 29.8 Å². The second-order valence-corrected chi connectivity index (χ2v) is 6.53. The van der Waals surface area contributed by atoms with Gasteiger partial charge in [-0.3, -0.25) is 9.69 Å². The van der Waals surface area contributed by atoms with E-state index < -0.39 is 11.6 Å². The maximum atomic E-state index is 13.6. The molecule has 2 N–H and O–H groups in total. The molecular formula is C17H25FN2O2. The standard InChI is InChI=1S/C17H25FN2O2/c1-17(2,18)16(22)19-15-5-3-4-14(10-15)11-20-8-6-13(12-21)7-9-20/h3-5,10,13,21H,6-9,11-12H2,1-2H3,(H,19,22). The Labute approximate surface area is 131 Å². The highest BCUT2D eigenvalue weighted by molar-refractivity contribution is 5.96. The summed E-state index contributed by atoms with van der Waals surface area (Å²) in [6, 6.07) is 7.54. The zero-order valence-corrected chi connectivity index (χ0v) is 13.3. The van der Waals surface area contributed by atoms with E-state index in [1.165, 1.54) is 13.8 Å². The molecule has 0 aliphatic carbocycles. The number of alkyl halides is 1. The highest BCUT2D eigenvalue weighted by Gasteiger charge is 2.26. The molecule has 0 saturated carbocycles. The summed E-state index contributed by atoms with van der Waals surface area (Å²) < 4.78 is 13.6. The molecule has 1 saturated heterocycles. The molecule has 0 radical (unpaired) electrons. The highest BCUT2D eigenvalue weighted by atomic mass is 19.1. The van der Waals surface area contributed by atoms with Gasteiger partial charge in [0.1, 0.15) is 0 Å². The number of rotatable bonds is 5. The molecular weight excluding hydrogens is 283 g/mol. The van der Waals surface area contributed by atoms with Crippen LogP contribution in [0.25, 0.3) is 0 Å². The number of nitrogens with one attached hydrogen (secondary N) is 1. The van der Waals surface area contributed by atoms with Gasteiger partial charge in [-0.1, -0.05) is 12.1 Å². The van der Waals surface area contributed by atoms with E-state index in [-0.39, 0.29) is 6.61 Å². The van der Waals surface area contributed by atoms with E-state index in [0.717, 1.165) is 38.0 Å². The minimum Gasteiger partial charge on any atom is -0.396 e. The molecule has 2 rings (SSSR count). The van der Waals surface area contributed by atoms with Crippen LogP contribution < -0.4 is 5.32 Å². The maximum absolute atomic E-state index is 13.6. The van der Waals surface area contributed by atoms with E-state index in [0.29, 0.717) is 11.6 Å². The number of benzene rings is 1. The lowest BCUT2D eigenvalue weighted by Crippen LogP contribution is -2.34. The molecule has 22 heavy (non-hydrogen) atoms. The quantitative estimate of drug-likeness (QED) is 0.879. The molecule has 5 heteroatoms. The number of hydrogen-bond acceptors (Lipinski definition) is 3. The third kappa shape index (κ3) is 4.78. The Morgan fingerprint density at radius 3 is 2.68 bits per heavy atom. The van der Waals surface area contributed by atoms with Crippen LogP contribution in [0.15, 0.2) is 24.3 Å². The van der Waals surface area contributed by atoms with Crippen molar-refractivity contribution in [1.82, 2.24) is 4.90 Å². The number of aliphatic hydroxyl groups excluding tert-OH is 1. The van der Waals surface area contributed by atoms with E-state index in [2.05, 4.69) is 10.2 Å². The van der Waals surface area contributed by atoms with Crippen molar-refractivity contribution in [1.29, 1.82) is 0 Å². The molecule has 4 nitrogen and oxygen atoms in total. The van der Waals surface area contributed by atoms with Gasteiger partial charge in [0.15, 0.2) is 5.67 Å². The van der Waals surface area contributed by atoms with Crippen LogP contribution in [0, 0.1) is 5.92 Å². The third-order valence-electron chi connectivity index (χ3n) is 4.10. The molecule has 0 bridgehead atoms. The van der Waals surface area contributed by atoms with Crippen molar-refractivity contribution in [2.75, 3.05) is 25.0 Å². The zero-order valence-electron chi connectivity index (χ0n) is 13.3. The molecule has 122 valence electrons. The van der Waals surface area contributed by atoms with Crippen molar-refractivity contribution in [2.24, 2.45) is 5.92 Å². The van der Waals surface area contributed by atoms with E-state index in [9.17, 15) is 9.18 Å². The van der Waals surface area contributed by atoms with Crippen molar-refractivity contribution in [3.8, 4) is 0 Å². The molecule has 1 fully saturated rings. The molecule has 1 aromatic rings. The number of carbonyl (C=O) groups is 1. The van der Waals surface area contributed by atoms with Crippen LogP contribution in [-0.2, 0) is 11.3 Å². The van der Waals surface area contributed by atoms with Crippen molar-refractivity contribution < 1.29 is 14.3 Å². The molecule has 1 aromatic carbocycles. The average molecular weight is 308 g/mol. The topological polar surface area (TPSA) is 52.6 Å². The van der Waals surface area contributed by atoms with E-state index in [4.69, 9.17) is 5.11 Å². The minimum absolute atomic E-state index is 0.272. The van der Waals surface area contributed by atoms with Crippen LogP contribution in [0.2, 0.25) is 0 Å². The smallest absolute Gasteiger partial charge is 0.261 e. The second-order valence-electron chi connectivity index (χ2n) is 6.53. The van der Waals surface area contributed by atoms with Gasteiger partial charge in [0.25, 0.3) is 5.91 Å². The number of anilines is 1. The molecule has 1 aliphatic heterocycles. The molecule has 0 unspecified atom stereocenters. The highest BCUT2D eigenvalue weighted by Crippen LogP contribution is 2.20. The van der Waals surface area contributed by atoms with Gasteiger partial charge in [-0.2, -0.15) is 0 Å². The van der Waals surface area contributed by atoms with Gasteiger partial charge >= 0.3 is 0 Å². The summed E-state index contributed by atoms with van der Waals surface area (Å²) in [5.41, 5.74) is -0.169. The first-order valence-corrected chi connectivity index (χ1v) is 7.81. The summed E-state index contributed by atoms with van der Waals surface area (Å²) in [5.74, 6) is -0.206. The van der Waals surface area contributed by atoms with Gasteiger partial charge in [-0.25, -0.2) is 4.39 Å². The van der Waals surface area contributed by atoms with Crippen LogP contribution in [0.5, 0.6) is 0 Å². The lowest BCUT2D eigenvalue weighted by molar-refractivity contribution is -0.125. The molecule has 1 aliphatic rings. The Balaban J connectivity index is 1.93. The number of halogens is 1. The number of hydrogen-bond donors (Lipinski definition) is 2. The van der Waals surface area contributed by atoms with Gasteiger partial charge in [-0.15, -0.1) is 0 Å². The van der Waals surface area contributed by atoms with Crippen molar-refractivity contribution >= 4 is 11.6 Å². The fourth-order valence-corrected chi connectivity index (χ4v) is 2.61. The van der Waals surface area contributed by atoms with E-state index >= 15 is 0 Å². The summed E-state index contributed by atoms with van der Waals surface area (Å²) in [6.07, 6.45) is 2.03. The second kappa shape index (κ2) is 7.20. The van der Waals surface area contributed by atoms with Crippen LogP contribution in [0.1, 0.15) is 32.3 Å². The molecule has 0 atom stereocenters. The SMILES string of the molecule is CC(C)(F)C(=O)Nc1cccc(CN2CCC(CO)CC2)c1. The number of likely N-dealkylation sites (tertiary alicyclic amines) is 1. The van der Waals surface area contributed by atoms with Gasteiger partial charge in [0.2, 0.25) is 0 Å². The molecule has 1 amide bonds. The number of nitrogens with zero attached hydrogens (tertiary/aromatic N) is 1. The largest absolute Gasteiger partial charge is 0.396 e. The Morgan fingerprint density at radius 2 is 2.09 bits per heavy atom. The summed E-state index contributed by atoms with van der Waals surface area (Å²) >= 11 is 0. The number of carbonyl (C=O) groups excluding carboxylic acids is 1. The normalized spacial score (nSPS) is 17.5. The first kappa shape index (κ1) is 16.9. The molecule has 1 heterocycles. The van der Waals surface area contributed by atoms with Crippen molar-refractivity contribution in [3.63, 3.8) is 0 Å². The Hall–Kier alpha value is -1.46. The zero-order chi connectivity index (χ0) is 16.2. The fraction of sp³-hybridized carbons (Fsp3) is 0.588. The third-order valence-corrected chi connectivity index (χ3v) is 4.10. The number of aliphatic hydroxyl groups is 1. The van der Waals surface area contributed by atoms with Crippen LogP contribution in [0.4, 0.5) is 10.1 Å². The van der Waals surface area contributed by atoms with Crippen LogP contribution >= 0.6 is 0 Å². The predicted octanol–water partition coefficient (Wildman–Crippen LogP) is 2.58. The van der Waals surface area contributed by atoms with E-state index in [1.807, 2.05) is 18.2 Å².